The molecule has 27 heavy (non-hydrogen) atoms. The molecule has 3 aromatic carbocycles. The molecule has 1 aliphatic rings. The molecule has 1 fully saturated rings. The first kappa shape index (κ1) is 17.6. The highest BCUT2D eigenvalue weighted by Gasteiger charge is 2.30. The number of anilines is 1. The molecule has 0 aromatic heterocycles. The SMILES string of the molecule is COc1ccccc1N1CC[NH+](C(c2ccccc2)c2ccccc2)CC1. The molecule has 0 bridgehead atoms. The smallest absolute Gasteiger partial charge is 0.142 e. The summed E-state index contributed by atoms with van der Waals surface area (Å²) >= 11 is 0. The fraction of sp³-hybridized carbons (Fsp3) is 0.250. The van der Waals surface area contributed by atoms with Crippen LogP contribution in [0.2, 0.25) is 0 Å². The Kier molecular flexibility index (Phi) is 5.40. The van der Waals surface area contributed by atoms with E-state index in [0.29, 0.717) is 6.04 Å². The normalized spacial score (nSPS) is 15.1. The van der Waals surface area contributed by atoms with Gasteiger partial charge >= 0.3 is 0 Å². The minimum absolute atomic E-state index is 0.382. The van der Waals surface area contributed by atoms with Gasteiger partial charge in [-0.25, -0.2) is 0 Å². The van der Waals surface area contributed by atoms with Gasteiger partial charge in [-0.3, -0.25) is 0 Å². The number of hydrogen-bond donors (Lipinski definition) is 1. The summed E-state index contributed by atoms with van der Waals surface area (Å²) in [5.41, 5.74) is 3.99. The maximum absolute atomic E-state index is 5.56. The summed E-state index contributed by atoms with van der Waals surface area (Å²) in [5.74, 6) is 0.962. The van der Waals surface area contributed by atoms with Crippen LogP contribution in [0.1, 0.15) is 17.2 Å². The number of benzene rings is 3. The highest BCUT2D eigenvalue weighted by molar-refractivity contribution is 5.58. The number of para-hydroxylation sites is 2. The Balaban J connectivity index is 1.56. The number of rotatable bonds is 5. The Bertz CT molecular complexity index is 803. The number of methoxy groups -OCH3 is 1. The molecular weight excluding hydrogens is 332 g/mol. The minimum atomic E-state index is 0.382. The van der Waals surface area contributed by atoms with Gasteiger partial charge in [0, 0.05) is 11.1 Å². The lowest BCUT2D eigenvalue weighted by atomic mass is 9.96. The molecule has 0 amide bonds. The van der Waals surface area contributed by atoms with E-state index >= 15 is 0 Å². The van der Waals surface area contributed by atoms with E-state index in [1.807, 2.05) is 12.1 Å². The maximum Gasteiger partial charge on any atom is 0.142 e. The van der Waals surface area contributed by atoms with Crippen molar-refractivity contribution in [2.75, 3.05) is 38.2 Å². The molecule has 1 N–H and O–H groups in total. The van der Waals surface area contributed by atoms with E-state index in [4.69, 9.17) is 4.74 Å². The summed E-state index contributed by atoms with van der Waals surface area (Å²) in [5, 5.41) is 0. The minimum Gasteiger partial charge on any atom is -0.495 e. The summed E-state index contributed by atoms with van der Waals surface area (Å²) < 4.78 is 5.56. The second kappa shape index (κ2) is 8.28. The van der Waals surface area contributed by atoms with Gasteiger partial charge in [0.2, 0.25) is 0 Å². The second-order valence-corrected chi connectivity index (χ2v) is 7.07. The van der Waals surface area contributed by atoms with Crippen LogP contribution >= 0.6 is 0 Å². The van der Waals surface area contributed by atoms with Crippen LogP contribution in [0, 0.1) is 0 Å². The third-order valence-corrected chi connectivity index (χ3v) is 5.51. The molecule has 3 nitrogen and oxygen atoms in total. The van der Waals surface area contributed by atoms with Crippen molar-refractivity contribution in [2.24, 2.45) is 0 Å². The van der Waals surface area contributed by atoms with Gasteiger partial charge < -0.3 is 14.5 Å². The molecule has 1 aliphatic heterocycles. The first-order valence-corrected chi connectivity index (χ1v) is 9.69. The lowest BCUT2D eigenvalue weighted by Crippen LogP contribution is -3.15. The van der Waals surface area contributed by atoms with Gasteiger partial charge in [0.1, 0.15) is 11.8 Å². The fourth-order valence-corrected chi connectivity index (χ4v) is 4.17. The van der Waals surface area contributed by atoms with Crippen molar-refractivity contribution in [3.8, 4) is 5.75 Å². The van der Waals surface area contributed by atoms with E-state index < -0.39 is 0 Å². The van der Waals surface area contributed by atoms with Crippen molar-refractivity contribution < 1.29 is 9.64 Å². The summed E-state index contributed by atoms with van der Waals surface area (Å²) in [6.45, 7) is 4.27. The average molecular weight is 359 g/mol. The molecule has 0 atom stereocenters. The van der Waals surface area contributed by atoms with Crippen molar-refractivity contribution in [1.29, 1.82) is 0 Å². The lowest BCUT2D eigenvalue weighted by Gasteiger charge is -2.38. The van der Waals surface area contributed by atoms with Crippen molar-refractivity contribution >= 4 is 5.69 Å². The van der Waals surface area contributed by atoms with E-state index in [2.05, 4.69) is 77.7 Å². The molecule has 138 valence electrons. The quantitative estimate of drug-likeness (QED) is 0.753. The number of piperazine rings is 1. The van der Waals surface area contributed by atoms with Crippen molar-refractivity contribution in [3.63, 3.8) is 0 Å². The zero-order chi connectivity index (χ0) is 18.5. The van der Waals surface area contributed by atoms with Crippen LogP contribution in [0.5, 0.6) is 5.75 Å². The van der Waals surface area contributed by atoms with E-state index in [1.165, 1.54) is 16.8 Å². The predicted molar refractivity (Wildman–Crippen MR) is 111 cm³/mol. The lowest BCUT2D eigenvalue weighted by molar-refractivity contribution is -0.926. The van der Waals surface area contributed by atoms with Gasteiger partial charge in [-0.2, -0.15) is 0 Å². The maximum atomic E-state index is 5.56. The van der Waals surface area contributed by atoms with Crippen molar-refractivity contribution in [1.82, 2.24) is 0 Å². The van der Waals surface area contributed by atoms with Crippen molar-refractivity contribution in [3.05, 3.63) is 96.1 Å². The topological polar surface area (TPSA) is 16.9 Å². The Labute approximate surface area is 161 Å². The number of hydrogen-bond acceptors (Lipinski definition) is 2. The third kappa shape index (κ3) is 3.83. The molecule has 1 heterocycles. The van der Waals surface area contributed by atoms with Crippen molar-refractivity contribution in [2.45, 2.75) is 6.04 Å². The molecule has 0 saturated carbocycles. The summed E-state index contributed by atoms with van der Waals surface area (Å²) in [6, 6.07) is 30.5. The van der Waals surface area contributed by atoms with E-state index in [1.54, 1.807) is 12.0 Å². The van der Waals surface area contributed by atoms with Crippen LogP contribution in [-0.2, 0) is 0 Å². The zero-order valence-corrected chi connectivity index (χ0v) is 15.8. The third-order valence-electron chi connectivity index (χ3n) is 5.51. The Morgan fingerprint density at radius 3 is 1.81 bits per heavy atom. The summed E-state index contributed by atoms with van der Waals surface area (Å²) in [4.78, 5) is 4.08. The molecule has 1 saturated heterocycles. The van der Waals surface area contributed by atoms with Crippen LogP contribution < -0.4 is 14.5 Å². The Morgan fingerprint density at radius 1 is 0.741 bits per heavy atom. The Morgan fingerprint density at radius 2 is 1.26 bits per heavy atom. The van der Waals surface area contributed by atoms with Crippen LogP contribution in [0.25, 0.3) is 0 Å². The molecule has 0 aliphatic carbocycles. The molecule has 0 spiro atoms. The number of ether oxygens (including phenoxy) is 1. The van der Waals surface area contributed by atoms with Crippen LogP contribution in [0.15, 0.2) is 84.9 Å². The standard InChI is InChI=1S/C24H26N2O/c1-27-23-15-9-8-14-22(23)25-16-18-26(19-17-25)24(20-10-4-2-5-11-20)21-12-6-3-7-13-21/h2-15,24H,16-19H2,1H3/p+1. The molecule has 3 aromatic rings. The van der Waals surface area contributed by atoms with Gasteiger partial charge in [0.25, 0.3) is 0 Å². The highest BCUT2D eigenvalue weighted by atomic mass is 16.5. The van der Waals surface area contributed by atoms with Gasteiger partial charge in [0.15, 0.2) is 0 Å². The largest absolute Gasteiger partial charge is 0.495 e. The number of quaternary nitrogens is 1. The summed E-state index contributed by atoms with van der Waals surface area (Å²) in [6.07, 6.45) is 0. The summed E-state index contributed by atoms with van der Waals surface area (Å²) in [7, 11) is 1.75. The van der Waals surface area contributed by atoms with E-state index in [-0.39, 0.29) is 0 Å². The zero-order valence-electron chi connectivity index (χ0n) is 15.8. The van der Waals surface area contributed by atoms with E-state index in [9.17, 15) is 0 Å². The van der Waals surface area contributed by atoms with E-state index in [0.717, 1.165) is 31.9 Å². The number of nitrogens with one attached hydrogen (secondary N) is 1. The van der Waals surface area contributed by atoms with Gasteiger partial charge in [-0.15, -0.1) is 0 Å². The van der Waals surface area contributed by atoms with Crippen LogP contribution in [0.4, 0.5) is 5.69 Å². The van der Waals surface area contributed by atoms with Gasteiger partial charge in [-0.05, 0) is 12.1 Å². The number of nitrogens with zero attached hydrogens (tertiary/aromatic N) is 1. The first-order chi connectivity index (χ1) is 13.4. The molecule has 0 radical (unpaired) electrons. The average Bonchev–Trinajstić information content (AvgIpc) is 2.76. The Hall–Kier alpha value is -2.78. The molecule has 3 heteroatoms. The second-order valence-electron chi connectivity index (χ2n) is 7.07. The van der Waals surface area contributed by atoms with Crippen LogP contribution in [0.3, 0.4) is 0 Å². The predicted octanol–water partition coefficient (Wildman–Crippen LogP) is 3.19. The monoisotopic (exact) mass is 359 g/mol. The molecular formula is C24H27N2O+. The highest BCUT2D eigenvalue weighted by Crippen LogP contribution is 2.28. The van der Waals surface area contributed by atoms with Gasteiger partial charge in [-0.1, -0.05) is 72.8 Å². The van der Waals surface area contributed by atoms with Gasteiger partial charge in [0.05, 0.1) is 39.0 Å². The fourth-order valence-electron chi connectivity index (χ4n) is 4.17. The van der Waals surface area contributed by atoms with Crippen LogP contribution in [-0.4, -0.2) is 33.3 Å². The molecule has 0 unspecified atom stereocenters. The molecule has 4 rings (SSSR count). The first-order valence-electron chi connectivity index (χ1n) is 9.69.